The Hall–Kier alpha value is -3.12. The number of anilines is 4. The Morgan fingerprint density at radius 1 is 0.967 bits per heavy atom. The number of hydrogen-bond acceptors (Lipinski definition) is 6. The summed E-state index contributed by atoms with van der Waals surface area (Å²) in [5, 5.41) is 14.5. The van der Waals surface area contributed by atoms with Gasteiger partial charge in [-0.05, 0) is 37.5 Å². The molecule has 1 aliphatic heterocycles. The second-order valence-electron chi connectivity index (χ2n) is 8.18. The lowest BCUT2D eigenvalue weighted by Gasteiger charge is -2.38. The summed E-state index contributed by atoms with van der Waals surface area (Å²) < 4.78 is 0. The molecule has 0 bridgehead atoms. The molecule has 1 aliphatic rings. The minimum Gasteiger partial charge on any atom is -0.385 e. The predicted octanol–water partition coefficient (Wildman–Crippen LogP) is 4.08. The third-order valence-corrected chi connectivity index (χ3v) is 5.67. The molecule has 6 heteroatoms. The van der Waals surface area contributed by atoms with Crippen molar-refractivity contribution in [2.75, 3.05) is 42.3 Å². The summed E-state index contributed by atoms with van der Waals surface area (Å²) in [5.41, 5.74) is 2.40. The maximum Gasteiger partial charge on any atom is 0.229 e. The number of nitrogens with zero attached hydrogens (tertiary/aromatic N) is 4. The second kappa shape index (κ2) is 8.32. The van der Waals surface area contributed by atoms with Crippen molar-refractivity contribution in [3.63, 3.8) is 0 Å². The van der Waals surface area contributed by atoms with Gasteiger partial charge in [-0.15, -0.1) is 0 Å². The van der Waals surface area contributed by atoms with E-state index in [9.17, 15) is 5.11 Å². The highest BCUT2D eigenvalue weighted by Gasteiger charge is 2.34. The molecule has 0 radical (unpaired) electrons. The van der Waals surface area contributed by atoms with Gasteiger partial charge in [0.15, 0.2) is 0 Å². The zero-order valence-electron chi connectivity index (χ0n) is 17.8. The molecule has 3 aromatic rings. The molecule has 0 atom stereocenters. The molecule has 156 valence electrons. The van der Waals surface area contributed by atoms with Gasteiger partial charge in [0.25, 0.3) is 0 Å². The van der Waals surface area contributed by atoms with Gasteiger partial charge in [0, 0.05) is 38.9 Å². The number of piperidine rings is 1. The van der Waals surface area contributed by atoms with Crippen LogP contribution in [0.5, 0.6) is 0 Å². The molecule has 1 aromatic heterocycles. The van der Waals surface area contributed by atoms with Crippen LogP contribution in [0.4, 0.5) is 23.3 Å². The Labute approximate surface area is 178 Å². The quantitative estimate of drug-likeness (QED) is 0.669. The largest absolute Gasteiger partial charge is 0.385 e. The number of aryl methyl sites for hydroxylation is 1. The van der Waals surface area contributed by atoms with Crippen LogP contribution in [-0.4, -0.2) is 42.3 Å². The third kappa shape index (κ3) is 4.39. The van der Waals surface area contributed by atoms with Crippen molar-refractivity contribution in [3.8, 4) is 0 Å². The average molecular weight is 404 g/mol. The van der Waals surface area contributed by atoms with Crippen molar-refractivity contribution < 1.29 is 5.11 Å². The van der Waals surface area contributed by atoms with Crippen LogP contribution in [0, 0.1) is 6.92 Å². The van der Waals surface area contributed by atoms with E-state index >= 15 is 0 Å². The van der Waals surface area contributed by atoms with Gasteiger partial charge in [0.1, 0.15) is 11.6 Å². The molecule has 0 unspecified atom stereocenters. The highest BCUT2D eigenvalue weighted by molar-refractivity contribution is 5.62. The monoisotopic (exact) mass is 403 g/mol. The maximum atomic E-state index is 11.1. The minimum absolute atomic E-state index is 0.646. The van der Waals surface area contributed by atoms with E-state index in [2.05, 4.69) is 29.3 Å². The average Bonchev–Trinajstić information content (AvgIpc) is 2.76. The first-order chi connectivity index (χ1) is 14.4. The number of aliphatic hydroxyl groups is 1. The minimum atomic E-state index is -0.792. The van der Waals surface area contributed by atoms with Crippen LogP contribution in [0.15, 0.2) is 60.7 Å². The number of rotatable bonds is 5. The van der Waals surface area contributed by atoms with Crippen LogP contribution >= 0.6 is 0 Å². The fourth-order valence-corrected chi connectivity index (χ4v) is 3.76. The van der Waals surface area contributed by atoms with Crippen molar-refractivity contribution in [2.24, 2.45) is 0 Å². The predicted molar refractivity (Wildman–Crippen MR) is 123 cm³/mol. The van der Waals surface area contributed by atoms with Gasteiger partial charge < -0.3 is 20.2 Å². The second-order valence-corrected chi connectivity index (χ2v) is 8.18. The van der Waals surface area contributed by atoms with Gasteiger partial charge in [0.2, 0.25) is 5.95 Å². The lowest BCUT2D eigenvalue weighted by Crippen LogP contribution is -2.43. The Kier molecular flexibility index (Phi) is 5.59. The van der Waals surface area contributed by atoms with Crippen LogP contribution < -0.4 is 15.1 Å². The van der Waals surface area contributed by atoms with Crippen LogP contribution in [0.3, 0.4) is 0 Å². The molecular weight excluding hydrogens is 374 g/mol. The molecule has 2 N–H and O–H groups in total. The van der Waals surface area contributed by atoms with Gasteiger partial charge in [-0.25, -0.2) is 0 Å². The van der Waals surface area contributed by atoms with Gasteiger partial charge >= 0.3 is 0 Å². The van der Waals surface area contributed by atoms with Gasteiger partial charge in [-0.3, -0.25) is 0 Å². The molecular formula is C24H29N5O. The van der Waals surface area contributed by atoms with Gasteiger partial charge in [-0.1, -0.05) is 48.0 Å². The lowest BCUT2D eigenvalue weighted by atomic mass is 9.84. The summed E-state index contributed by atoms with van der Waals surface area (Å²) in [6.45, 7) is 3.47. The number of hydrogen-bond donors (Lipinski definition) is 2. The summed E-state index contributed by atoms with van der Waals surface area (Å²) in [6.07, 6.45) is 1.29. The van der Waals surface area contributed by atoms with Crippen molar-refractivity contribution in [1.82, 2.24) is 9.97 Å². The third-order valence-electron chi connectivity index (χ3n) is 5.67. The summed E-state index contributed by atoms with van der Waals surface area (Å²) in [4.78, 5) is 13.7. The van der Waals surface area contributed by atoms with E-state index in [1.165, 1.54) is 5.56 Å². The summed E-state index contributed by atoms with van der Waals surface area (Å²) >= 11 is 0. The van der Waals surface area contributed by atoms with Gasteiger partial charge in [-0.2, -0.15) is 9.97 Å². The molecule has 1 fully saturated rings. The first-order valence-corrected chi connectivity index (χ1v) is 10.4. The van der Waals surface area contributed by atoms with Gasteiger partial charge in [0.05, 0.1) is 5.60 Å². The van der Waals surface area contributed by atoms with Crippen molar-refractivity contribution in [2.45, 2.75) is 25.4 Å². The van der Waals surface area contributed by atoms with Crippen LogP contribution in [0.2, 0.25) is 0 Å². The molecule has 0 amide bonds. The van der Waals surface area contributed by atoms with Crippen molar-refractivity contribution in [3.05, 3.63) is 71.8 Å². The first kappa shape index (κ1) is 20.2. The highest BCUT2D eigenvalue weighted by Crippen LogP contribution is 2.34. The maximum absolute atomic E-state index is 11.1. The van der Waals surface area contributed by atoms with Crippen LogP contribution in [0.1, 0.15) is 24.0 Å². The molecule has 0 aliphatic carbocycles. The topological polar surface area (TPSA) is 64.5 Å². The summed E-state index contributed by atoms with van der Waals surface area (Å²) in [6, 6.07) is 20.1. The highest BCUT2D eigenvalue weighted by atomic mass is 16.3. The SMILES string of the molecule is Cc1ccc(Nc2cc(N(C)C)nc(N3CCC(O)(c4ccccc4)CC3)n2)cc1. The molecule has 2 heterocycles. The normalized spacial score (nSPS) is 15.7. The summed E-state index contributed by atoms with van der Waals surface area (Å²) in [7, 11) is 3.96. The molecule has 0 saturated carbocycles. The Bertz CT molecular complexity index is 980. The number of benzene rings is 2. The zero-order chi connectivity index (χ0) is 21.1. The fraction of sp³-hybridized carbons (Fsp3) is 0.333. The van der Waals surface area contributed by atoms with Crippen LogP contribution in [0.25, 0.3) is 0 Å². The van der Waals surface area contributed by atoms with E-state index in [1.807, 2.05) is 67.5 Å². The first-order valence-electron chi connectivity index (χ1n) is 10.4. The van der Waals surface area contributed by atoms with E-state index < -0.39 is 5.60 Å². The smallest absolute Gasteiger partial charge is 0.229 e. The molecule has 4 rings (SSSR count). The Morgan fingerprint density at radius 3 is 2.27 bits per heavy atom. The Balaban J connectivity index is 1.55. The standard InChI is InChI=1S/C24H29N5O/c1-18-9-11-20(12-10-18)25-21-17-22(28(2)3)27-23(26-21)29-15-13-24(30,14-16-29)19-7-5-4-6-8-19/h4-12,17,30H,13-16H2,1-3H3,(H,25,26,27). The number of aromatic nitrogens is 2. The molecule has 2 aromatic carbocycles. The van der Waals surface area contributed by atoms with E-state index in [-0.39, 0.29) is 0 Å². The van der Waals surface area contributed by atoms with E-state index in [1.54, 1.807) is 0 Å². The van der Waals surface area contributed by atoms with E-state index in [0.29, 0.717) is 31.9 Å². The van der Waals surface area contributed by atoms with Crippen molar-refractivity contribution >= 4 is 23.3 Å². The molecule has 1 saturated heterocycles. The molecule has 0 spiro atoms. The van der Waals surface area contributed by atoms with Crippen molar-refractivity contribution in [1.29, 1.82) is 0 Å². The Morgan fingerprint density at radius 2 is 1.63 bits per heavy atom. The number of nitrogens with one attached hydrogen (secondary N) is 1. The zero-order valence-corrected chi connectivity index (χ0v) is 17.8. The van der Waals surface area contributed by atoms with Crippen LogP contribution in [-0.2, 0) is 5.60 Å². The fourth-order valence-electron chi connectivity index (χ4n) is 3.76. The van der Waals surface area contributed by atoms with E-state index in [4.69, 9.17) is 9.97 Å². The summed E-state index contributed by atoms with van der Waals surface area (Å²) in [5.74, 6) is 2.29. The lowest BCUT2D eigenvalue weighted by molar-refractivity contribution is 0.0115. The van der Waals surface area contributed by atoms with E-state index in [0.717, 1.165) is 22.9 Å². The molecule has 30 heavy (non-hydrogen) atoms. The molecule has 6 nitrogen and oxygen atoms in total.